The Kier molecular flexibility index (Phi) is 5.27. The molecule has 0 bridgehead atoms. The van der Waals surface area contributed by atoms with Crippen LogP contribution >= 0.6 is 0 Å². The van der Waals surface area contributed by atoms with Crippen LogP contribution in [-0.2, 0) is 19.4 Å². The second-order valence-electron chi connectivity index (χ2n) is 7.08. The molecule has 2 aliphatic carbocycles. The fourth-order valence-electron chi connectivity index (χ4n) is 4.05. The summed E-state index contributed by atoms with van der Waals surface area (Å²) in [5.74, 6) is 1.05. The van der Waals surface area contributed by atoms with Crippen molar-refractivity contribution in [2.75, 3.05) is 13.1 Å². The van der Waals surface area contributed by atoms with Crippen molar-refractivity contribution in [2.45, 2.75) is 44.7 Å². The van der Waals surface area contributed by atoms with Crippen molar-refractivity contribution < 1.29 is 0 Å². The normalized spacial score (nSPS) is 19.1. The molecule has 2 aliphatic rings. The van der Waals surface area contributed by atoms with Gasteiger partial charge in [-0.05, 0) is 49.8 Å². The summed E-state index contributed by atoms with van der Waals surface area (Å²) in [7, 11) is 0. The van der Waals surface area contributed by atoms with Crippen LogP contribution in [0.15, 0.2) is 36.6 Å². The van der Waals surface area contributed by atoms with Crippen LogP contribution in [0.5, 0.6) is 0 Å². The van der Waals surface area contributed by atoms with Crippen LogP contribution in [0.3, 0.4) is 0 Å². The summed E-state index contributed by atoms with van der Waals surface area (Å²) in [6, 6.07) is 4.60. The molecule has 0 aliphatic heterocycles. The minimum Gasteiger partial charge on any atom is -0.344 e. The third-order valence-electron chi connectivity index (χ3n) is 5.30. The lowest BCUT2D eigenvalue weighted by molar-refractivity contribution is 0.181. The van der Waals surface area contributed by atoms with Gasteiger partial charge in [-0.1, -0.05) is 24.3 Å². The van der Waals surface area contributed by atoms with Gasteiger partial charge in [-0.15, -0.1) is 0 Å². The molecular weight excluding hydrogens is 322 g/mol. The van der Waals surface area contributed by atoms with Crippen LogP contribution in [0, 0.1) is 0 Å². The maximum Gasteiger partial charge on any atom is 0.121 e. The lowest BCUT2D eigenvalue weighted by Crippen LogP contribution is -2.32. The van der Waals surface area contributed by atoms with E-state index in [-0.39, 0.29) is 0 Å². The number of rotatable bonds is 6. The maximum atomic E-state index is 5.64. The van der Waals surface area contributed by atoms with Crippen molar-refractivity contribution in [3.63, 3.8) is 0 Å². The Labute approximate surface area is 155 Å². The highest BCUT2D eigenvalue weighted by atomic mass is 15.2. The summed E-state index contributed by atoms with van der Waals surface area (Å²) in [5.41, 5.74) is 10.6. The smallest absolute Gasteiger partial charge is 0.121 e. The number of nitrogens with zero attached hydrogens (tertiary/aromatic N) is 3. The van der Waals surface area contributed by atoms with Gasteiger partial charge in [0.05, 0.1) is 24.0 Å². The van der Waals surface area contributed by atoms with E-state index in [0.29, 0.717) is 12.6 Å². The van der Waals surface area contributed by atoms with E-state index < -0.39 is 0 Å². The van der Waals surface area contributed by atoms with Crippen molar-refractivity contribution in [1.82, 2.24) is 19.9 Å². The Morgan fingerprint density at radius 3 is 3.15 bits per heavy atom. The molecule has 1 unspecified atom stereocenters. The second kappa shape index (κ2) is 7.98. The Morgan fingerprint density at radius 1 is 1.31 bits per heavy atom. The van der Waals surface area contributed by atoms with E-state index in [1.54, 1.807) is 0 Å². The van der Waals surface area contributed by atoms with E-state index in [0.717, 1.165) is 50.3 Å². The van der Waals surface area contributed by atoms with Crippen LogP contribution < -0.4 is 5.73 Å². The van der Waals surface area contributed by atoms with Crippen LogP contribution in [0.2, 0.25) is 0 Å². The summed E-state index contributed by atoms with van der Waals surface area (Å²) in [6.45, 7) is 2.24. The number of fused-ring (bicyclic) bond motifs is 2. The van der Waals surface area contributed by atoms with Crippen molar-refractivity contribution >= 4 is 6.08 Å². The van der Waals surface area contributed by atoms with E-state index in [9.17, 15) is 0 Å². The largest absolute Gasteiger partial charge is 0.344 e. The molecule has 26 heavy (non-hydrogen) atoms. The average Bonchev–Trinajstić information content (AvgIpc) is 3.09. The molecule has 0 fully saturated rings. The van der Waals surface area contributed by atoms with Gasteiger partial charge >= 0.3 is 0 Å². The van der Waals surface area contributed by atoms with Gasteiger partial charge < -0.3 is 10.7 Å². The number of aryl methyl sites for hydroxylation is 2. The molecule has 5 nitrogen and oxygen atoms in total. The minimum absolute atomic E-state index is 0.333. The Bertz CT molecular complexity index is 804. The predicted octanol–water partition coefficient (Wildman–Crippen LogP) is 3.16. The molecule has 0 saturated heterocycles. The maximum absolute atomic E-state index is 5.64. The zero-order chi connectivity index (χ0) is 17.8. The molecule has 5 heteroatoms. The zero-order valence-electron chi connectivity index (χ0n) is 15.2. The molecule has 0 aromatic carbocycles. The molecule has 136 valence electrons. The molecule has 2 aromatic rings. The van der Waals surface area contributed by atoms with Crippen molar-refractivity contribution in [3.05, 3.63) is 65.0 Å². The van der Waals surface area contributed by atoms with Crippen molar-refractivity contribution in [1.29, 1.82) is 0 Å². The van der Waals surface area contributed by atoms with E-state index in [1.807, 2.05) is 18.3 Å². The fraction of sp³-hybridized carbons (Fsp3) is 0.429. The van der Waals surface area contributed by atoms with Gasteiger partial charge in [0.2, 0.25) is 0 Å². The van der Waals surface area contributed by atoms with Crippen LogP contribution in [0.1, 0.15) is 53.8 Å². The number of allylic oxidation sites excluding steroid dienone is 1. The Hall–Kier alpha value is -2.24. The van der Waals surface area contributed by atoms with Gasteiger partial charge in [0, 0.05) is 25.0 Å². The van der Waals surface area contributed by atoms with Crippen molar-refractivity contribution in [2.24, 2.45) is 5.73 Å². The zero-order valence-corrected chi connectivity index (χ0v) is 15.2. The summed E-state index contributed by atoms with van der Waals surface area (Å²) >= 11 is 0. The van der Waals surface area contributed by atoms with E-state index in [4.69, 9.17) is 15.7 Å². The monoisotopic (exact) mass is 349 g/mol. The lowest BCUT2D eigenvalue weighted by Gasteiger charge is -2.34. The summed E-state index contributed by atoms with van der Waals surface area (Å²) in [4.78, 5) is 15.6. The Balaban J connectivity index is 1.59. The molecule has 2 aromatic heterocycles. The molecule has 4 rings (SSSR count). The third kappa shape index (κ3) is 3.64. The van der Waals surface area contributed by atoms with Gasteiger partial charge in [0.1, 0.15) is 5.82 Å². The van der Waals surface area contributed by atoms with E-state index >= 15 is 0 Å². The molecule has 2 heterocycles. The number of nitrogens with two attached hydrogens (primary N) is 1. The molecular formula is C21H27N5. The van der Waals surface area contributed by atoms with Gasteiger partial charge in [-0.2, -0.15) is 0 Å². The summed E-state index contributed by atoms with van der Waals surface area (Å²) in [5, 5.41) is 0. The number of imidazole rings is 1. The van der Waals surface area contributed by atoms with Crippen LogP contribution in [-0.4, -0.2) is 32.9 Å². The molecule has 1 atom stereocenters. The number of pyridine rings is 1. The predicted molar refractivity (Wildman–Crippen MR) is 104 cm³/mol. The van der Waals surface area contributed by atoms with E-state index in [1.165, 1.54) is 23.4 Å². The van der Waals surface area contributed by atoms with Gasteiger partial charge in [-0.25, -0.2) is 4.98 Å². The first kappa shape index (κ1) is 17.2. The highest BCUT2D eigenvalue weighted by Gasteiger charge is 2.27. The molecule has 3 N–H and O–H groups in total. The SMILES string of the molecule is NC/C=C\CN(Cc1nc2c([nH]1)CCC=C2)C1CCCc2cccnc21. The number of aromatic nitrogens is 3. The second-order valence-corrected chi connectivity index (χ2v) is 7.08. The van der Waals surface area contributed by atoms with Crippen molar-refractivity contribution in [3.8, 4) is 0 Å². The summed E-state index contributed by atoms with van der Waals surface area (Å²) in [6.07, 6.45) is 16.1. The lowest BCUT2D eigenvalue weighted by atomic mass is 9.90. The number of nitrogens with one attached hydrogen (secondary N) is 1. The van der Waals surface area contributed by atoms with Crippen LogP contribution in [0.4, 0.5) is 0 Å². The third-order valence-corrected chi connectivity index (χ3v) is 5.30. The highest BCUT2D eigenvalue weighted by molar-refractivity contribution is 5.50. The topological polar surface area (TPSA) is 70.8 Å². The highest BCUT2D eigenvalue weighted by Crippen LogP contribution is 2.33. The minimum atomic E-state index is 0.333. The van der Waals surface area contributed by atoms with Gasteiger partial charge in [0.25, 0.3) is 0 Å². The first-order chi connectivity index (χ1) is 12.8. The Morgan fingerprint density at radius 2 is 2.27 bits per heavy atom. The van der Waals surface area contributed by atoms with Gasteiger partial charge in [-0.3, -0.25) is 9.88 Å². The number of aromatic amines is 1. The quantitative estimate of drug-likeness (QED) is 0.786. The molecule has 0 saturated carbocycles. The van der Waals surface area contributed by atoms with Gasteiger partial charge in [0.15, 0.2) is 0 Å². The average molecular weight is 349 g/mol. The molecule has 0 radical (unpaired) electrons. The number of hydrogen-bond acceptors (Lipinski definition) is 4. The summed E-state index contributed by atoms with van der Waals surface area (Å²) < 4.78 is 0. The molecule has 0 spiro atoms. The molecule has 0 amide bonds. The first-order valence-electron chi connectivity index (χ1n) is 9.62. The standard InChI is InChI=1S/C21H27N5/c22-12-3-4-14-26(15-20-24-17-9-1-2-10-18(17)25-20)19-11-5-7-16-8-6-13-23-21(16)19/h1,3-4,6,8-9,13,19H,2,5,7,10-12,14-15,22H2,(H,24,25)/b4-3-. The number of H-pyrrole nitrogens is 1. The first-order valence-corrected chi connectivity index (χ1v) is 9.62. The fourth-order valence-corrected chi connectivity index (χ4v) is 4.05. The van der Waals surface area contributed by atoms with E-state index in [2.05, 4.69) is 34.2 Å². The van der Waals surface area contributed by atoms with Crippen LogP contribution in [0.25, 0.3) is 6.08 Å². The number of hydrogen-bond donors (Lipinski definition) is 2.